The van der Waals surface area contributed by atoms with Crippen LogP contribution in [-0.4, -0.2) is 53.7 Å². The van der Waals surface area contributed by atoms with E-state index < -0.39 is 0 Å². The molecule has 0 spiro atoms. The second-order valence-electron chi connectivity index (χ2n) is 7.41. The fourth-order valence-electron chi connectivity index (χ4n) is 2.96. The van der Waals surface area contributed by atoms with Gasteiger partial charge in [-0.2, -0.15) is 0 Å². The molecule has 1 saturated heterocycles. The van der Waals surface area contributed by atoms with E-state index in [1.807, 2.05) is 24.3 Å². The number of piperazine rings is 1. The van der Waals surface area contributed by atoms with Gasteiger partial charge in [0.15, 0.2) is 0 Å². The maximum Gasteiger partial charge on any atom is 0.233 e. The zero-order valence-electron chi connectivity index (χ0n) is 15.5. The Labute approximate surface area is 149 Å². The molecule has 6 nitrogen and oxygen atoms in total. The van der Waals surface area contributed by atoms with Crippen molar-refractivity contribution in [1.82, 2.24) is 9.80 Å². The van der Waals surface area contributed by atoms with Gasteiger partial charge in [0.2, 0.25) is 17.7 Å². The number of hydrogen-bond acceptors (Lipinski definition) is 3. The van der Waals surface area contributed by atoms with Crippen molar-refractivity contribution in [2.75, 3.05) is 31.5 Å². The predicted molar refractivity (Wildman–Crippen MR) is 97.2 cm³/mol. The highest BCUT2D eigenvalue weighted by atomic mass is 16.2. The third-order valence-electron chi connectivity index (χ3n) is 4.40. The third kappa shape index (κ3) is 5.05. The first kappa shape index (κ1) is 19.0. The Morgan fingerprint density at radius 2 is 1.56 bits per heavy atom. The lowest BCUT2D eigenvalue weighted by Gasteiger charge is -2.34. The average molecular weight is 345 g/mol. The fourth-order valence-corrected chi connectivity index (χ4v) is 2.96. The molecule has 3 amide bonds. The van der Waals surface area contributed by atoms with E-state index in [0.29, 0.717) is 26.2 Å². The summed E-state index contributed by atoms with van der Waals surface area (Å²) >= 11 is 0. The van der Waals surface area contributed by atoms with Gasteiger partial charge in [0.05, 0.1) is 0 Å². The summed E-state index contributed by atoms with van der Waals surface area (Å²) in [4.78, 5) is 39.3. The molecule has 25 heavy (non-hydrogen) atoms. The van der Waals surface area contributed by atoms with Crippen molar-refractivity contribution >= 4 is 23.4 Å². The molecule has 0 aromatic heterocycles. The minimum absolute atomic E-state index is 0.0172. The lowest BCUT2D eigenvalue weighted by Crippen LogP contribution is -2.50. The van der Waals surface area contributed by atoms with E-state index in [4.69, 9.17) is 0 Å². The van der Waals surface area contributed by atoms with Crippen LogP contribution in [0.15, 0.2) is 24.3 Å². The van der Waals surface area contributed by atoms with Gasteiger partial charge in [0.1, 0.15) is 6.42 Å². The lowest BCUT2D eigenvalue weighted by molar-refractivity contribution is -0.140. The Bertz CT molecular complexity index is 656. The molecular formula is C19H27N3O3. The number of benzene rings is 1. The number of hydrogen-bond donors (Lipinski definition) is 1. The highest BCUT2D eigenvalue weighted by Gasteiger charge is 2.24. The van der Waals surface area contributed by atoms with Gasteiger partial charge in [-0.25, -0.2) is 0 Å². The third-order valence-corrected chi connectivity index (χ3v) is 4.40. The van der Waals surface area contributed by atoms with Gasteiger partial charge in [-0.15, -0.1) is 0 Å². The Balaban J connectivity index is 1.93. The van der Waals surface area contributed by atoms with E-state index in [1.165, 1.54) is 6.92 Å². The maximum absolute atomic E-state index is 12.3. The van der Waals surface area contributed by atoms with Gasteiger partial charge < -0.3 is 15.1 Å². The van der Waals surface area contributed by atoms with Crippen LogP contribution in [0.1, 0.15) is 39.7 Å². The molecule has 1 N–H and O–H groups in total. The molecule has 1 fully saturated rings. The van der Waals surface area contributed by atoms with Crippen molar-refractivity contribution in [3.05, 3.63) is 29.8 Å². The lowest BCUT2D eigenvalue weighted by atomic mass is 9.86. The van der Waals surface area contributed by atoms with Gasteiger partial charge in [0, 0.05) is 38.8 Å². The van der Waals surface area contributed by atoms with Crippen molar-refractivity contribution in [2.45, 2.75) is 39.5 Å². The molecule has 0 radical (unpaired) electrons. The Morgan fingerprint density at radius 3 is 2.12 bits per heavy atom. The van der Waals surface area contributed by atoms with E-state index in [1.54, 1.807) is 9.80 Å². The molecule has 0 atom stereocenters. The number of rotatable bonds is 3. The molecule has 1 aliphatic heterocycles. The van der Waals surface area contributed by atoms with Crippen LogP contribution in [0.25, 0.3) is 0 Å². The highest BCUT2D eigenvalue weighted by molar-refractivity contribution is 6.04. The molecule has 1 aromatic carbocycles. The van der Waals surface area contributed by atoms with E-state index >= 15 is 0 Å². The van der Waals surface area contributed by atoms with Crippen LogP contribution in [0.2, 0.25) is 0 Å². The largest absolute Gasteiger partial charge is 0.339 e. The molecule has 1 heterocycles. The SMILES string of the molecule is CC(=O)N1CCN(C(=O)CC(=O)Nc2ccccc2C(C)(C)C)CC1. The number of carbonyl (C=O) groups excluding carboxylic acids is 3. The number of amides is 3. The molecule has 136 valence electrons. The molecule has 0 bridgehead atoms. The summed E-state index contributed by atoms with van der Waals surface area (Å²) in [7, 11) is 0. The standard InChI is InChI=1S/C19H27N3O3/c1-14(23)21-9-11-22(12-10-21)18(25)13-17(24)20-16-8-6-5-7-15(16)19(2,3)4/h5-8H,9-13H2,1-4H3,(H,20,24). The first-order valence-electron chi connectivity index (χ1n) is 8.61. The molecule has 0 saturated carbocycles. The Kier molecular flexibility index (Phi) is 5.82. The number of para-hydroxylation sites is 1. The average Bonchev–Trinajstić information content (AvgIpc) is 2.54. The van der Waals surface area contributed by atoms with Crippen molar-refractivity contribution < 1.29 is 14.4 Å². The number of anilines is 1. The topological polar surface area (TPSA) is 69.7 Å². The summed E-state index contributed by atoms with van der Waals surface area (Å²) in [6.07, 6.45) is -0.182. The quantitative estimate of drug-likeness (QED) is 0.852. The number of nitrogens with one attached hydrogen (secondary N) is 1. The molecule has 1 aromatic rings. The highest BCUT2D eigenvalue weighted by Crippen LogP contribution is 2.29. The zero-order valence-corrected chi connectivity index (χ0v) is 15.5. The summed E-state index contributed by atoms with van der Waals surface area (Å²) in [6, 6.07) is 7.65. The zero-order chi connectivity index (χ0) is 18.6. The van der Waals surface area contributed by atoms with E-state index in [-0.39, 0.29) is 29.6 Å². The van der Waals surface area contributed by atoms with Crippen LogP contribution in [-0.2, 0) is 19.8 Å². The molecule has 6 heteroatoms. The van der Waals surface area contributed by atoms with Crippen molar-refractivity contribution in [1.29, 1.82) is 0 Å². The Hall–Kier alpha value is -2.37. The van der Waals surface area contributed by atoms with Crippen molar-refractivity contribution in [3.8, 4) is 0 Å². The second-order valence-corrected chi connectivity index (χ2v) is 7.41. The maximum atomic E-state index is 12.3. The summed E-state index contributed by atoms with van der Waals surface area (Å²) in [5, 5.41) is 2.86. The number of nitrogens with zero attached hydrogens (tertiary/aromatic N) is 2. The van der Waals surface area contributed by atoms with Crippen molar-refractivity contribution in [3.63, 3.8) is 0 Å². The first-order chi connectivity index (χ1) is 11.7. The summed E-state index contributed by atoms with van der Waals surface area (Å²) in [6.45, 7) is 9.77. The van der Waals surface area contributed by atoms with Crippen LogP contribution < -0.4 is 5.32 Å². The number of carbonyl (C=O) groups is 3. The fraction of sp³-hybridized carbons (Fsp3) is 0.526. The van der Waals surface area contributed by atoms with Crippen LogP contribution in [0.5, 0.6) is 0 Å². The van der Waals surface area contributed by atoms with E-state index in [0.717, 1.165) is 11.3 Å². The van der Waals surface area contributed by atoms with Gasteiger partial charge >= 0.3 is 0 Å². The van der Waals surface area contributed by atoms with Gasteiger partial charge in [-0.05, 0) is 17.0 Å². The van der Waals surface area contributed by atoms with Gasteiger partial charge in [0.25, 0.3) is 0 Å². The van der Waals surface area contributed by atoms with Crippen LogP contribution in [0.3, 0.4) is 0 Å². The van der Waals surface area contributed by atoms with E-state index in [9.17, 15) is 14.4 Å². The first-order valence-corrected chi connectivity index (χ1v) is 8.61. The summed E-state index contributed by atoms with van der Waals surface area (Å²) < 4.78 is 0. The Morgan fingerprint density at radius 1 is 1.00 bits per heavy atom. The molecule has 0 unspecified atom stereocenters. The van der Waals surface area contributed by atoms with E-state index in [2.05, 4.69) is 26.1 Å². The molecule has 0 aliphatic carbocycles. The molecular weight excluding hydrogens is 318 g/mol. The van der Waals surface area contributed by atoms with Crippen molar-refractivity contribution in [2.24, 2.45) is 0 Å². The van der Waals surface area contributed by atoms with Crippen LogP contribution in [0, 0.1) is 0 Å². The molecule has 1 aliphatic rings. The second kappa shape index (κ2) is 7.68. The van der Waals surface area contributed by atoms with Gasteiger partial charge in [-0.3, -0.25) is 14.4 Å². The smallest absolute Gasteiger partial charge is 0.233 e. The predicted octanol–water partition coefficient (Wildman–Crippen LogP) is 2.00. The molecule has 2 rings (SSSR count). The monoisotopic (exact) mass is 345 g/mol. The normalized spacial score (nSPS) is 15.0. The minimum atomic E-state index is -0.310. The minimum Gasteiger partial charge on any atom is -0.339 e. The summed E-state index contributed by atoms with van der Waals surface area (Å²) in [5.74, 6) is -0.492. The van der Waals surface area contributed by atoms with Crippen LogP contribution in [0.4, 0.5) is 5.69 Å². The van der Waals surface area contributed by atoms with Crippen LogP contribution >= 0.6 is 0 Å². The summed E-state index contributed by atoms with van der Waals surface area (Å²) in [5.41, 5.74) is 1.68. The van der Waals surface area contributed by atoms with Gasteiger partial charge in [-0.1, -0.05) is 39.0 Å².